The van der Waals surface area contributed by atoms with Gasteiger partial charge in [0, 0.05) is 30.3 Å². The average molecular weight is 358 g/mol. The van der Waals surface area contributed by atoms with Gasteiger partial charge in [0.15, 0.2) is 0 Å². The van der Waals surface area contributed by atoms with Crippen LogP contribution in [0.3, 0.4) is 0 Å². The zero-order valence-corrected chi connectivity index (χ0v) is 13.2. The quantitative estimate of drug-likeness (QED) is 0.616. The van der Waals surface area contributed by atoms with Gasteiger partial charge in [-0.3, -0.25) is 9.78 Å². The average Bonchev–Trinajstić information content (AvgIpc) is 3.24. The van der Waals surface area contributed by atoms with E-state index >= 15 is 0 Å². The van der Waals surface area contributed by atoms with E-state index in [-0.39, 0.29) is 12.8 Å². The van der Waals surface area contributed by atoms with Gasteiger partial charge in [-0.25, -0.2) is 8.78 Å². The number of hydrogen-bond acceptors (Lipinski definition) is 2. The fourth-order valence-corrected chi connectivity index (χ4v) is 1.87. The first kappa shape index (κ1) is 18.8. The first-order chi connectivity index (χ1) is 11.6. The largest absolute Gasteiger partial charge is 0.417 e. The number of nitrogens with one attached hydrogen (secondary N) is 1. The first-order valence-electron chi connectivity index (χ1n) is 7.35. The summed E-state index contributed by atoms with van der Waals surface area (Å²) in [5.74, 6) is -2.25. The second kappa shape index (κ2) is 7.16. The maximum Gasteiger partial charge on any atom is 0.417 e. The van der Waals surface area contributed by atoms with E-state index in [2.05, 4.69) is 10.3 Å². The monoisotopic (exact) mass is 358 g/mol. The van der Waals surface area contributed by atoms with E-state index in [1.165, 1.54) is 6.07 Å². The Morgan fingerprint density at radius 2 is 1.80 bits per heavy atom. The minimum absolute atomic E-state index is 0.118. The minimum Gasteiger partial charge on any atom is -0.329 e. The lowest BCUT2D eigenvalue weighted by molar-refractivity contribution is -0.137. The molecule has 1 fully saturated rings. The van der Waals surface area contributed by atoms with E-state index in [0.717, 1.165) is 17.8 Å². The summed E-state index contributed by atoms with van der Waals surface area (Å²) in [6, 6.07) is 7.44. The lowest BCUT2D eigenvalue weighted by Gasteiger charge is -2.10. The SMILES string of the molecule is Cc1ccc(NC=O)cc1-c1ccc(C(F)(F)F)cn1.FC1(F)CC1. The van der Waals surface area contributed by atoms with E-state index in [1.807, 2.05) is 6.92 Å². The Morgan fingerprint density at radius 1 is 1.16 bits per heavy atom. The highest BCUT2D eigenvalue weighted by atomic mass is 19.4. The Balaban J connectivity index is 0.000000386. The number of anilines is 1. The maximum absolute atomic E-state index is 12.5. The van der Waals surface area contributed by atoms with Gasteiger partial charge in [-0.05, 0) is 36.8 Å². The Bertz CT molecular complexity index is 736. The molecule has 8 heteroatoms. The number of pyridine rings is 1. The molecule has 1 aromatic heterocycles. The molecule has 1 aromatic carbocycles. The number of benzene rings is 1. The van der Waals surface area contributed by atoms with Gasteiger partial charge in [0.25, 0.3) is 0 Å². The van der Waals surface area contributed by atoms with Crippen molar-refractivity contribution in [2.24, 2.45) is 0 Å². The van der Waals surface area contributed by atoms with Gasteiger partial charge in [0.05, 0.1) is 11.3 Å². The third-order valence-electron chi connectivity index (χ3n) is 3.46. The van der Waals surface area contributed by atoms with E-state index in [1.54, 1.807) is 18.2 Å². The van der Waals surface area contributed by atoms with Crippen molar-refractivity contribution in [1.29, 1.82) is 0 Å². The molecule has 0 spiro atoms. The Morgan fingerprint density at radius 3 is 2.24 bits per heavy atom. The lowest BCUT2D eigenvalue weighted by atomic mass is 10.0. The highest BCUT2D eigenvalue weighted by molar-refractivity contribution is 5.76. The van der Waals surface area contributed by atoms with Crippen LogP contribution in [-0.2, 0) is 11.0 Å². The van der Waals surface area contributed by atoms with Crippen LogP contribution in [0.1, 0.15) is 24.0 Å². The fraction of sp³-hybridized carbons (Fsp3) is 0.294. The number of aromatic nitrogens is 1. The molecule has 0 atom stereocenters. The van der Waals surface area contributed by atoms with Gasteiger partial charge in [0.1, 0.15) is 0 Å². The number of alkyl halides is 5. The number of nitrogens with zero attached hydrogens (tertiary/aromatic N) is 1. The van der Waals surface area contributed by atoms with Crippen molar-refractivity contribution < 1.29 is 26.7 Å². The van der Waals surface area contributed by atoms with Crippen molar-refractivity contribution in [3.63, 3.8) is 0 Å². The van der Waals surface area contributed by atoms with E-state index in [4.69, 9.17) is 0 Å². The van der Waals surface area contributed by atoms with Crippen molar-refractivity contribution in [2.45, 2.75) is 31.9 Å². The molecule has 0 radical (unpaired) electrons. The number of carbonyl (C=O) groups is 1. The summed E-state index contributed by atoms with van der Waals surface area (Å²) in [5.41, 5.74) is 1.72. The zero-order chi connectivity index (χ0) is 18.7. The first-order valence-corrected chi connectivity index (χ1v) is 7.35. The number of hydrogen-bond donors (Lipinski definition) is 1. The normalized spacial score (nSPS) is 15.0. The molecule has 134 valence electrons. The third-order valence-corrected chi connectivity index (χ3v) is 3.46. The molecule has 0 aliphatic heterocycles. The summed E-state index contributed by atoms with van der Waals surface area (Å²) in [6.45, 7) is 1.82. The van der Waals surface area contributed by atoms with Gasteiger partial charge in [-0.2, -0.15) is 13.2 Å². The molecule has 2 aromatic rings. The topological polar surface area (TPSA) is 42.0 Å². The number of rotatable bonds is 3. The molecule has 0 saturated heterocycles. The van der Waals surface area contributed by atoms with Crippen molar-refractivity contribution in [3.05, 3.63) is 47.7 Å². The van der Waals surface area contributed by atoms with Crippen LogP contribution >= 0.6 is 0 Å². The number of halogens is 5. The van der Waals surface area contributed by atoms with E-state index in [0.29, 0.717) is 23.4 Å². The van der Waals surface area contributed by atoms with Crippen LogP contribution < -0.4 is 5.32 Å². The Kier molecular flexibility index (Phi) is 5.39. The number of aryl methyl sites for hydroxylation is 1. The van der Waals surface area contributed by atoms with Gasteiger partial charge in [-0.1, -0.05) is 6.07 Å². The second-order valence-electron chi connectivity index (χ2n) is 5.58. The van der Waals surface area contributed by atoms with Crippen molar-refractivity contribution in [1.82, 2.24) is 4.98 Å². The van der Waals surface area contributed by atoms with Crippen molar-refractivity contribution >= 4 is 12.1 Å². The molecule has 1 heterocycles. The summed E-state index contributed by atoms with van der Waals surface area (Å²) < 4.78 is 59.7. The van der Waals surface area contributed by atoms with E-state index in [9.17, 15) is 26.7 Å². The second-order valence-corrected chi connectivity index (χ2v) is 5.58. The third kappa shape index (κ3) is 5.51. The van der Waals surface area contributed by atoms with Crippen LogP contribution in [-0.4, -0.2) is 17.3 Å². The van der Waals surface area contributed by atoms with Gasteiger partial charge < -0.3 is 5.32 Å². The van der Waals surface area contributed by atoms with Gasteiger partial charge in [-0.15, -0.1) is 0 Å². The molecule has 3 rings (SSSR count). The zero-order valence-electron chi connectivity index (χ0n) is 13.2. The van der Waals surface area contributed by atoms with E-state index < -0.39 is 17.7 Å². The molecule has 1 aliphatic carbocycles. The maximum atomic E-state index is 12.5. The Labute approximate surface area is 140 Å². The van der Waals surface area contributed by atoms with Crippen LogP contribution in [0.25, 0.3) is 11.3 Å². The molecule has 3 nitrogen and oxygen atoms in total. The molecular weight excluding hydrogens is 343 g/mol. The van der Waals surface area contributed by atoms with Gasteiger partial charge in [0.2, 0.25) is 12.3 Å². The fourth-order valence-electron chi connectivity index (χ4n) is 1.87. The van der Waals surface area contributed by atoms with Crippen molar-refractivity contribution in [2.75, 3.05) is 5.32 Å². The Hall–Kier alpha value is -2.51. The summed E-state index contributed by atoms with van der Waals surface area (Å²) in [6.07, 6.45) is -2.83. The van der Waals surface area contributed by atoms with Gasteiger partial charge >= 0.3 is 6.18 Å². The number of amides is 1. The molecular formula is C17H15F5N2O. The molecule has 1 aliphatic rings. The van der Waals surface area contributed by atoms with Crippen LogP contribution in [0.15, 0.2) is 36.5 Å². The highest BCUT2D eigenvalue weighted by Gasteiger charge is 2.43. The highest BCUT2D eigenvalue weighted by Crippen LogP contribution is 2.40. The number of carbonyl (C=O) groups excluding carboxylic acids is 1. The standard InChI is InChI=1S/C14H11F3N2O.C3H4F2/c1-9-2-4-11(19-8-20)6-12(9)13-5-3-10(7-18-13)14(15,16)17;4-3(5)1-2-3/h2-8H,1H3,(H,19,20);1-2H2. The summed E-state index contributed by atoms with van der Waals surface area (Å²) in [7, 11) is 0. The summed E-state index contributed by atoms with van der Waals surface area (Å²) >= 11 is 0. The molecule has 1 amide bonds. The minimum atomic E-state index is -4.40. The van der Waals surface area contributed by atoms with Crippen LogP contribution in [0, 0.1) is 6.92 Å². The van der Waals surface area contributed by atoms with Crippen LogP contribution in [0.2, 0.25) is 0 Å². The predicted octanol–water partition coefficient (Wildman–Crippen LogP) is 5.06. The lowest BCUT2D eigenvalue weighted by Crippen LogP contribution is -2.05. The molecule has 1 saturated carbocycles. The summed E-state index contributed by atoms with van der Waals surface area (Å²) in [4.78, 5) is 14.3. The molecule has 25 heavy (non-hydrogen) atoms. The molecule has 0 unspecified atom stereocenters. The molecule has 0 bridgehead atoms. The molecule has 1 N–H and O–H groups in total. The predicted molar refractivity (Wildman–Crippen MR) is 83.3 cm³/mol. The van der Waals surface area contributed by atoms with Crippen LogP contribution in [0.4, 0.5) is 27.6 Å². The smallest absolute Gasteiger partial charge is 0.329 e. The summed E-state index contributed by atoms with van der Waals surface area (Å²) in [5, 5.41) is 2.49. The van der Waals surface area contributed by atoms with Crippen molar-refractivity contribution in [3.8, 4) is 11.3 Å². The van der Waals surface area contributed by atoms with Crippen LogP contribution in [0.5, 0.6) is 0 Å².